The summed E-state index contributed by atoms with van der Waals surface area (Å²) in [6.07, 6.45) is 0. The summed E-state index contributed by atoms with van der Waals surface area (Å²) < 4.78 is 0. The topological polar surface area (TPSA) is 70.0 Å². The molecule has 1 atom stereocenters. The Morgan fingerprint density at radius 3 is 2.77 bits per heavy atom. The molecule has 1 aromatic carbocycles. The Morgan fingerprint density at radius 2 is 2.23 bits per heavy atom. The highest BCUT2D eigenvalue weighted by Gasteiger charge is 2.12. The van der Waals surface area contributed by atoms with E-state index in [4.69, 9.17) is 22.6 Å². The number of halogens is 1. The lowest BCUT2D eigenvalue weighted by molar-refractivity contribution is 0.462. The van der Waals surface area contributed by atoms with E-state index in [0.29, 0.717) is 16.1 Å². The second kappa shape index (κ2) is 3.65. The van der Waals surface area contributed by atoms with E-state index in [0.717, 1.165) is 0 Å². The van der Waals surface area contributed by atoms with Gasteiger partial charge in [-0.05, 0) is 24.6 Å². The number of nitriles is 1. The number of rotatable bonds is 1. The van der Waals surface area contributed by atoms with Crippen LogP contribution in [-0.4, -0.2) is 5.11 Å². The van der Waals surface area contributed by atoms with Crippen LogP contribution in [0.15, 0.2) is 12.1 Å². The van der Waals surface area contributed by atoms with E-state index in [9.17, 15) is 5.11 Å². The molecule has 0 aliphatic heterocycles. The minimum Gasteiger partial charge on any atom is -0.507 e. The average Bonchev–Trinajstić information content (AvgIpc) is 2.10. The summed E-state index contributed by atoms with van der Waals surface area (Å²) in [4.78, 5) is 0. The minimum absolute atomic E-state index is 0.0402. The zero-order valence-corrected chi connectivity index (χ0v) is 7.84. The van der Waals surface area contributed by atoms with Crippen LogP contribution in [0.4, 0.5) is 0 Å². The van der Waals surface area contributed by atoms with Crippen molar-refractivity contribution in [1.29, 1.82) is 5.26 Å². The normalized spacial score (nSPS) is 12.2. The molecule has 13 heavy (non-hydrogen) atoms. The minimum atomic E-state index is -0.836. The number of benzene rings is 1. The van der Waals surface area contributed by atoms with Gasteiger partial charge in [0.05, 0.1) is 6.07 Å². The smallest absolute Gasteiger partial charge is 0.124 e. The molecule has 0 aromatic heterocycles. The van der Waals surface area contributed by atoms with Gasteiger partial charge in [0.15, 0.2) is 0 Å². The maximum Gasteiger partial charge on any atom is 0.124 e. The first-order chi connectivity index (χ1) is 6.06. The molecule has 68 valence electrons. The van der Waals surface area contributed by atoms with Crippen molar-refractivity contribution in [2.24, 2.45) is 5.73 Å². The number of hydrogen-bond acceptors (Lipinski definition) is 3. The van der Waals surface area contributed by atoms with Crippen LogP contribution in [-0.2, 0) is 0 Å². The number of nitrogens with two attached hydrogens (primary N) is 1. The lowest BCUT2D eigenvalue weighted by atomic mass is 10.0. The highest BCUT2D eigenvalue weighted by atomic mass is 35.5. The Kier molecular flexibility index (Phi) is 2.76. The number of hydrogen-bond donors (Lipinski definition) is 2. The molecule has 0 unspecified atom stereocenters. The fourth-order valence-electron chi connectivity index (χ4n) is 1.07. The van der Waals surface area contributed by atoms with E-state index < -0.39 is 6.04 Å². The first-order valence-electron chi connectivity index (χ1n) is 3.70. The number of phenolic OH excluding ortho intramolecular Hbond substituents is 1. The summed E-state index contributed by atoms with van der Waals surface area (Å²) in [6, 6.07) is 4.11. The number of aromatic hydroxyl groups is 1. The lowest BCUT2D eigenvalue weighted by Crippen LogP contribution is -2.07. The van der Waals surface area contributed by atoms with Crippen molar-refractivity contribution in [2.75, 3.05) is 0 Å². The van der Waals surface area contributed by atoms with Gasteiger partial charge in [0, 0.05) is 10.6 Å². The zero-order chi connectivity index (χ0) is 10.0. The molecule has 0 heterocycles. The summed E-state index contributed by atoms with van der Waals surface area (Å²) in [5.41, 5.74) is 6.44. The van der Waals surface area contributed by atoms with E-state index in [2.05, 4.69) is 0 Å². The number of nitrogens with zero attached hydrogens (tertiary/aromatic N) is 1. The van der Waals surface area contributed by atoms with E-state index in [-0.39, 0.29) is 5.75 Å². The van der Waals surface area contributed by atoms with Crippen molar-refractivity contribution < 1.29 is 5.11 Å². The third kappa shape index (κ3) is 1.92. The molecule has 3 nitrogen and oxygen atoms in total. The molecule has 0 saturated carbocycles. The maximum absolute atomic E-state index is 9.53. The van der Waals surface area contributed by atoms with Crippen LogP contribution >= 0.6 is 11.6 Å². The SMILES string of the molecule is Cc1cc(Cl)cc([C@H](N)C#N)c1O. The van der Waals surface area contributed by atoms with Crippen LogP contribution in [0.3, 0.4) is 0 Å². The summed E-state index contributed by atoms with van der Waals surface area (Å²) in [6.45, 7) is 1.70. The molecule has 0 fully saturated rings. The summed E-state index contributed by atoms with van der Waals surface area (Å²) in [5.74, 6) is 0.0402. The van der Waals surface area contributed by atoms with Crippen molar-refractivity contribution in [1.82, 2.24) is 0 Å². The van der Waals surface area contributed by atoms with Crippen LogP contribution in [0, 0.1) is 18.3 Å². The summed E-state index contributed by atoms with van der Waals surface area (Å²) in [7, 11) is 0. The quantitative estimate of drug-likeness (QED) is 0.721. The van der Waals surface area contributed by atoms with Crippen molar-refractivity contribution >= 4 is 11.6 Å². The van der Waals surface area contributed by atoms with Crippen LogP contribution in [0.1, 0.15) is 17.2 Å². The molecule has 1 aromatic rings. The Labute approximate surface area is 81.4 Å². The van der Waals surface area contributed by atoms with Gasteiger partial charge in [0.1, 0.15) is 11.8 Å². The summed E-state index contributed by atoms with van der Waals surface area (Å²) >= 11 is 5.75. The van der Waals surface area contributed by atoms with Crippen LogP contribution in [0.2, 0.25) is 5.02 Å². The third-order valence-corrected chi connectivity index (χ3v) is 1.99. The van der Waals surface area contributed by atoms with Gasteiger partial charge in [-0.15, -0.1) is 0 Å². The van der Waals surface area contributed by atoms with Gasteiger partial charge in [-0.25, -0.2) is 0 Å². The van der Waals surface area contributed by atoms with Crippen molar-refractivity contribution in [2.45, 2.75) is 13.0 Å². The van der Waals surface area contributed by atoms with Gasteiger partial charge in [-0.2, -0.15) is 5.26 Å². The lowest BCUT2D eigenvalue weighted by Gasteiger charge is -2.09. The second-order valence-corrected chi connectivity index (χ2v) is 3.20. The molecule has 3 N–H and O–H groups in total. The first-order valence-corrected chi connectivity index (χ1v) is 4.08. The molecular weight excluding hydrogens is 188 g/mol. The van der Waals surface area contributed by atoms with Gasteiger partial charge in [-0.3, -0.25) is 0 Å². The highest BCUT2D eigenvalue weighted by molar-refractivity contribution is 6.30. The van der Waals surface area contributed by atoms with Crippen molar-refractivity contribution in [3.8, 4) is 11.8 Å². The van der Waals surface area contributed by atoms with Crippen molar-refractivity contribution in [3.05, 3.63) is 28.3 Å². The Balaban J connectivity index is 3.30. The van der Waals surface area contributed by atoms with E-state index in [1.165, 1.54) is 6.07 Å². The summed E-state index contributed by atoms with van der Waals surface area (Å²) in [5, 5.41) is 18.6. The number of phenols is 1. The fraction of sp³-hybridized carbons (Fsp3) is 0.222. The van der Waals surface area contributed by atoms with Gasteiger partial charge in [0.2, 0.25) is 0 Å². The zero-order valence-electron chi connectivity index (χ0n) is 7.08. The maximum atomic E-state index is 9.53. The van der Waals surface area contributed by atoms with E-state index in [1.54, 1.807) is 13.0 Å². The molecule has 1 rings (SSSR count). The second-order valence-electron chi connectivity index (χ2n) is 2.77. The molecule has 0 bridgehead atoms. The molecule has 0 spiro atoms. The Morgan fingerprint density at radius 1 is 1.62 bits per heavy atom. The Hall–Kier alpha value is -1.24. The molecular formula is C9H9ClN2O. The van der Waals surface area contributed by atoms with Crippen LogP contribution in [0.5, 0.6) is 5.75 Å². The van der Waals surface area contributed by atoms with Crippen LogP contribution < -0.4 is 5.73 Å². The van der Waals surface area contributed by atoms with Gasteiger partial charge < -0.3 is 10.8 Å². The monoisotopic (exact) mass is 196 g/mol. The van der Waals surface area contributed by atoms with Gasteiger partial charge in [0.25, 0.3) is 0 Å². The molecule has 4 heteroatoms. The largest absolute Gasteiger partial charge is 0.507 e. The van der Waals surface area contributed by atoms with Gasteiger partial charge in [-0.1, -0.05) is 11.6 Å². The first kappa shape index (κ1) is 9.85. The standard InChI is InChI=1S/C9H9ClN2O/c1-5-2-6(10)3-7(9(5)13)8(12)4-11/h2-3,8,13H,12H2,1H3/t8-/m1/s1. The molecule has 0 aliphatic carbocycles. The van der Waals surface area contributed by atoms with E-state index in [1.807, 2.05) is 6.07 Å². The molecule has 0 amide bonds. The fourth-order valence-corrected chi connectivity index (χ4v) is 1.35. The number of aryl methyl sites for hydroxylation is 1. The van der Waals surface area contributed by atoms with Crippen LogP contribution in [0.25, 0.3) is 0 Å². The third-order valence-electron chi connectivity index (χ3n) is 1.77. The predicted molar refractivity (Wildman–Crippen MR) is 50.4 cm³/mol. The molecule has 0 radical (unpaired) electrons. The predicted octanol–water partition coefficient (Wildman–Crippen LogP) is 1.88. The average molecular weight is 197 g/mol. The highest BCUT2D eigenvalue weighted by Crippen LogP contribution is 2.29. The molecule has 0 saturated heterocycles. The van der Waals surface area contributed by atoms with E-state index >= 15 is 0 Å². The molecule has 0 aliphatic rings. The van der Waals surface area contributed by atoms with Crippen molar-refractivity contribution in [3.63, 3.8) is 0 Å². The van der Waals surface area contributed by atoms with Gasteiger partial charge >= 0.3 is 0 Å². The Bertz CT molecular complexity index is 371.